The highest BCUT2D eigenvalue weighted by molar-refractivity contribution is 6.35. The van der Waals surface area contributed by atoms with Crippen molar-refractivity contribution in [2.24, 2.45) is 0 Å². The Balaban J connectivity index is 2.07. The minimum Gasteiger partial charge on any atom is -0.343 e. The fraction of sp³-hybridized carbons (Fsp3) is 0.0667. The molecule has 0 fully saturated rings. The van der Waals surface area contributed by atoms with E-state index in [0.29, 0.717) is 12.2 Å². The summed E-state index contributed by atoms with van der Waals surface area (Å²) >= 11 is 6.15. The maximum absolute atomic E-state index is 9.06. The average molecular weight is 268 g/mol. The van der Waals surface area contributed by atoms with E-state index >= 15 is 0 Å². The van der Waals surface area contributed by atoms with Gasteiger partial charge in [0.15, 0.2) is 0 Å². The van der Waals surface area contributed by atoms with Crippen LogP contribution in [-0.2, 0) is 6.54 Å². The minimum absolute atomic E-state index is 0.464. The normalized spacial score (nSPS) is 10.5. The van der Waals surface area contributed by atoms with Crippen molar-refractivity contribution in [3.05, 3.63) is 65.1 Å². The number of halogens is 1. The zero-order valence-corrected chi connectivity index (χ0v) is 10.8. The number of nitriles is 1. The Bertz CT molecular complexity index is 783. The lowest BCUT2D eigenvalue weighted by Gasteiger charge is -2.06. The van der Waals surface area contributed by atoms with Crippen LogP contribution in [0.1, 0.15) is 11.3 Å². The van der Waals surface area contributed by atoms with Gasteiger partial charge in [-0.05, 0) is 24.3 Å². The first-order valence-corrected chi connectivity index (χ1v) is 6.25. The predicted octanol–water partition coefficient (Wildman–Crippen LogP) is 3.61. The van der Waals surface area contributed by atoms with Gasteiger partial charge < -0.3 is 4.57 Å². The molecule has 0 saturated heterocycles. The second kappa shape index (κ2) is 4.75. The average Bonchev–Trinajstić information content (AvgIpc) is 2.84. The molecule has 0 radical (unpaired) electrons. The van der Waals surface area contributed by atoms with Gasteiger partial charge in [0.2, 0.25) is 0 Å². The molecule has 0 aliphatic rings. The topological polar surface area (TPSA) is 41.6 Å². The molecule has 3 aromatic rings. The first-order chi connectivity index (χ1) is 9.29. The summed E-state index contributed by atoms with van der Waals surface area (Å²) in [5, 5.41) is 10.8. The van der Waals surface area contributed by atoms with Gasteiger partial charge in [0.25, 0.3) is 0 Å². The van der Waals surface area contributed by atoms with Gasteiger partial charge in [-0.25, -0.2) is 4.98 Å². The Morgan fingerprint density at radius 2 is 2.11 bits per heavy atom. The third-order valence-corrected chi connectivity index (χ3v) is 3.43. The van der Waals surface area contributed by atoms with Crippen molar-refractivity contribution in [3.63, 3.8) is 0 Å². The monoisotopic (exact) mass is 267 g/mol. The number of nitrogens with zero attached hydrogens (tertiary/aromatic N) is 3. The van der Waals surface area contributed by atoms with Crippen LogP contribution < -0.4 is 0 Å². The van der Waals surface area contributed by atoms with Crippen molar-refractivity contribution in [1.82, 2.24) is 9.55 Å². The quantitative estimate of drug-likeness (QED) is 0.712. The van der Waals surface area contributed by atoms with Gasteiger partial charge in [0.05, 0.1) is 6.54 Å². The molecule has 2 aromatic heterocycles. The fourth-order valence-electron chi connectivity index (χ4n) is 2.17. The largest absolute Gasteiger partial charge is 0.343 e. The third kappa shape index (κ3) is 2.07. The van der Waals surface area contributed by atoms with E-state index in [1.165, 1.54) is 0 Å². The summed E-state index contributed by atoms with van der Waals surface area (Å²) in [5.74, 6) is 0. The zero-order valence-electron chi connectivity index (χ0n) is 10.0. The number of fused-ring (bicyclic) bond motifs is 1. The van der Waals surface area contributed by atoms with E-state index in [-0.39, 0.29) is 0 Å². The minimum atomic E-state index is 0.464. The maximum atomic E-state index is 9.06. The molecule has 3 nitrogen and oxygen atoms in total. The summed E-state index contributed by atoms with van der Waals surface area (Å²) in [5.41, 5.74) is 2.43. The van der Waals surface area contributed by atoms with Gasteiger partial charge in [-0.2, -0.15) is 5.26 Å². The Labute approximate surface area is 115 Å². The Morgan fingerprint density at radius 1 is 1.21 bits per heavy atom. The van der Waals surface area contributed by atoms with E-state index in [0.717, 1.165) is 21.5 Å². The second-order valence-corrected chi connectivity index (χ2v) is 4.65. The van der Waals surface area contributed by atoms with Gasteiger partial charge in [0.1, 0.15) is 11.8 Å². The molecule has 0 spiro atoms. The SMILES string of the molecule is N#Cc1ncccc1Cn1ccc2c(Cl)cccc21. The molecular formula is C15H10ClN3. The summed E-state index contributed by atoms with van der Waals surface area (Å²) in [4.78, 5) is 4.07. The maximum Gasteiger partial charge on any atom is 0.145 e. The van der Waals surface area contributed by atoms with Gasteiger partial charge >= 0.3 is 0 Å². The lowest BCUT2D eigenvalue weighted by atomic mass is 10.2. The van der Waals surface area contributed by atoms with Crippen LogP contribution in [0.2, 0.25) is 5.02 Å². The summed E-state index contributed by atoms with van der Waals surface area (Å²) < 4.78 is 2.07. The predicted molar refractivity (Wildman–Crippen MR) is 75.0 cm³/mol. The molecule has 3 rings (SSSR count). The molecule has 0 amide bonds. The number of pyridine rings is 1. The molecule has 0 saturated carbocycles. The Morgan fingerprint density at radius 3 is 2.95 bits per heavy atom. The molecule has 0 unspecified atom stereocenters. The van der Waals surface area contributed by atoms with Crippen LogP contribution in [-0.4, -0.2) is 9.55 Å². The molecule has 0 aliphatic carbocycles. The van der Waals surface area contributed by atoms with Crippen LogP contribution in [0.3, 0.4) is 0 Å². The summed E-state index contributed by atoms with van der Waals surface area (Å²) in [7, 11) is 0. The van der Waals surface area contributed by atoms with E-state index in [2.05, 4.69) is 15.6 Å². The molecule has 0 atom stereocenters. The van der Waals surface area contributed by atoms with Crippen LogP contribution in [0.5, 0.6) is 0 Å². The van der Waals surface area contributed by atoms with Crippen LogP contribution in [0.25, 0.3) is 10.9 Å². The van der Waals surface area contributed by atoms with E-state index in [1.807, 2.05) is 42.6 Å². The number of rotatable bonds is 2. The fourth-order valence-corrected chi connectivity index (χ4v) is 2.41. The highest BCUT2D eigenvalue weighted by Gasteiger charge is 2.07. The standard InChI is InChI=1S/C15H10ClN3/c16-13-4-1-5-15-12(13)6-8-19(15)10-11-3-2-7-18-14(11)9-17/h1-8H,10H2. The summed E-state index contributed by atoms with van der Waals surface area (Å²) in [6, 6.07) is 13.7. The smallest absolute Gasteiger partial charge is 0.145 e. The van der Waals surface area contributed by atoms with Gasteiger partial charge in [-0.15, -0.1) is 0 Å². The van der Waals surface area contributed by atoms with Crippen LogP contribution >= 0.6 is 11.6 Å². The van der Waals surface area contributed by atoms with Crippen molar-refractivity contribution in [2.75, 3.05) is 0 Å². The second-order valence-electron chi connectivity index (χ2n) is 4.24. The van der Waals surface area contributed by atoms with E-state index in [4.69, 9.17) is 16.9 Å². The first-order valence-electron chi connectivity index (χ1n) is 5.87. The van der Waals surface area contributed by atoms with E-state index in [1.54, 1.807) is 6.20 Å². The third-order valence-electron chi connectivity index (χ3n) is 3.10. The molecule has 19 heavy (non-hydrogen) atoms. The Hall–Kier alpha value is -2.31. The number of hydrogen-bond acceptors (Lipinski definition) is 2. The van der Waals surface area contributed by atoms with E-state index < -0.39 is 0 Å². The zero-order chi connectivity index (χ0) is 13.2. The highest BCUT2D eigenvalue weighted by atomic mass is 35.5. The van der Waals surface area contributed by atoms with Gasteiger partial charge in [-0.3, -0.25) is 0 Å². The van der Waals surface area contributed by atoms with Crippen molar-refractivity contribution in [2.45, 2.75) is 6.54 Å². The first kappa shape index (κ1) is 11.8. The molecular weight excluding hydrogens is 258 g/mol. The van der Waals surface area contributed by atoms with Crippen molar-refractivity contribution in [3.8, 4) is 6.07 Å². The van der Waals surface area contributed by atoms with Crippen molar-refractivity contribution >= 4 is 22.5 Å². The van der Waals surface area contributed by atoms with Crippen molar-refractivity contribution < 1.29 is 0 Å². The molecule has 4 heteroatoms. The molecule has 1 aromatic carbocycles. The number of aromatic nitrogens is 2. The Kier molecular flexibility index (Phi) is 2.94. The molecule has 2 heterocycles. The summed E-state index contributed by atoms with van der Waals surface area (Å²) in [6.45, 7) is 0.612. The molecule has 0 N–H and O–H groups in total. The number of benzene rings is 1. The number of hydrogen-bond donors (Lipinski definition) is 0. The lowest BCUT2D eigenvalue weighted by Crippen LogP contribution is -2.01. The van der Waals surface area contributed by atoms with E-state index in [9.17, 15) is 0 Å². The summed E-state index contributed by atoms with van der Waals surface area (Å²) in [6.07, 6.45) is 3.61. The molecule has 0 aliphatic heterocycles. The lowest BCUT2D eigenvalue weighted by molar-refractivity contribution is 0.828. The van der Waals surface area contributed by atoms with Crippen LogP contribution in [0.15, 0.2) is 48.8 Å². The van der Waals surface area contributed by atoms with Crippen LogP contribution in [0.4, 0.5) is 0 Å². The molecule has 0 bridgehead atoms. The highest BCUT2D eigenvalue weighted by Crippen LogP contribution is 2.25. The van der Waals surface area contributed by atoms with Gasteiger partial charge in [0, 0.05) is 33.9 Å². The molecule has 92 valence electrons. The van der Waals surface area contributed by atoms with Crippen LogP contribution in [0, 0.1) is 11.3 Å². The van der Waals surface area contributed by atoms with Crippen molar-refractivity contribution in [1.29, 1.82) is 5.26 Å². The van der Waals surface area contributed by atoms with Gasteiger partial charge in [-0.1, -0.05) is 23.7 Å².